The maximum Gasteiger partial charge on any atom is 0.243 e. The number of nitrogens with two attached hydrogens (primary N) is 1. The molecule has 0 radical (unpaired) electrons. The van der Waals surface area contributed by atoms with E-state index < -0.39 is 0 Å². The summed E-state index contributed by atoms with van der Waals surface area (Å²) in [6, 6.07) is -0.130. The zero-order valence-electron chi connectivity index (χ0n) is 11.4. The third-order valence-corrected chi connectivity index (χ3v) is 7.00. The average Bonchev–Trinajstić information content (AvgIpc) is 2.94. The van der Waals surface area contributed by atoms with Crippen molar-refractivity contribution >= 4 is 35.3 Å². The van der Waals surface area contributed by atoms with Crippen LogP contribution >= 0.6 is 35.3 Å². The van der Waals surface area contributed by atoms with Gasteiger partial charge in [-0.05, 0) is 24.9 Å². The molecule has 0 aliphatic carbocycles. The van der Waals surface area contributed by atoms with Crippen molar-refractivity contribution in [1.82, 2.24) is 10.1 Å². The van der Waals surface area contributed by atoms with Crippen LogP contribution in [0.4, 0.5) is 0 Å². The highest BCUT2D eigenvalue weighted by Crippen LogP contribution is 2.43. The summed E-state index contributed by atoms with van der Waals surface area (Å²) in [4.78, 5) is 4.54. The SMILES string of the molecule is CCC1SCCSC1c1noc(C(N)CCSC)n1. The zero-order valence-corrected chi connectivity index (χ0v) is 13.8. The van der Waals surface area contributed by atoms with E-state index in [1.807, 2.05) is 23.5 Å². The lowest BCUT2D eigenvalue weighted by Crippen LogP contribution is -2.19. The molecule has 0 spiro atoms. The molecule has 1 aliphatic heterocycles. The first-order chi connectivity index (χ1) is 9.26. The summed E-state index contributed by atoms with van der Waals surface area (Å²) in [5, 5.41) is 5.11. The molecule has 2 N–H and O–H groups in total. The Kier molecular flexibility index (Phi) is 6.38. The van der Waals surface area contributed by atoms with Crippen LogP contribution in [-0.4, -0.2) is 38.9 Å². The molecule has 19 heavy (non-hydrogen) atoms. The van der Waals surface area contributed by atoms with E-state index in [0.717, 1.165) is 30.2 Å². The molecule has 1 aromatic heterocycles. The van der Waals surface area contributed by atoms with Gasteiger partial charge in [0.25, 0.3) is 0 Å². The molecule has 0 saturated carbocycles. The highest BCUT2D eigenvalue weighted by Gasteiger charge is 2.30. The second-order valence-electron chi connectivity index (χ2n) is 4.49. The molecule has 0 aromatic carbocycles. The van der Waals surface area contributed by atoms with Gasteiger partial charge in [0.05, 0.1) is 11.3 Å². The summed E-state index contributed by atoms with van der Waals surface area (Å²) in [6.07, 6.45) is 4.10. The summed E-state index contributed by atoms with van der Waals surface area (Å²) in [7, 11) is 0. The number of nitrogens with zero attached hydrogens (tertiary/aromatic N) is 2. The normalized spacial score (nSPS) is 25.4. The van der Waals surface area contributed by atoms with Crippen molar-refractivity contribution in [3.8, 4) is 0 Å². The molecule has 1 aliphatic rings. The van der Waals surface area contributed by atoms with Gasteiger partial charge >= 0.3 is 0 Å². The molecule has 0 bridgehead atoms. The minimum Gasteiger partial charge on any atom is -0.338 e. The number of thioether (sulfide) groups is 3. The lowest BCUT2D eigenvalue weighted by atomic mass is 10.2. The summed E-state index contributed by atoms with van der Waals surface area (Å²) < 4.78 is 5.35. The van der Waals surface area contributed by atoms with Crippen LogP contribution in [-0.2, 0) is 0 Å². The fraction of sp³-hybridized carbons (Fsp3) is 0.833. The van der Waals surface area contributed by atoms with Crippen LogP contribution in [0.15, 0.2) is 4.52 Å². The molecule has 1 fully saturated rings. The van der Waals surface area contributed by atoms with E-state index in [9.17, 15) is 0 Å². The van der Waals surface area contributed by atoms with Crippen molar-refractivity contribution in [2.45, 2.75) is 36.3 Å². The van der Waals surface area contributed by atoms with Crippen molar-refractivity contribution in [3.63, 3.8) is 0 Å². The summed E-state index contributed by atoms with van der Waals surface area (Å²) >= 11 is 5.75. The molecule has 1 aromatic rings. The first-order valence-corrected chi connectivity index (χ1v) is 10.1. The molecule has 2 rings (SSSR count). The van der Waals surface area contributed by atoms with Gasteiger partial charge in [-0.3, -0.25) is 0 Å². The first-order valence-electron chi connectivity index (χ1n) is 6.57. The molecule has 3 unspecified atom stereocenters. The smallest absolute Gasteiger partial charge is 0.243 e. The van der Waals surface area contributed by atoms with Crippen molar-refractivity contribution in [2.75, 3.05) is 23.5 Å². The van der Waals surface area contributed by atoms with Crippen molar-refractivity contribution in [1.29, 1.82) is 0 Å². The third-order valence-electron chi connectivity index (χ3n) is 3.11. The van der Waals surface area contributed by atoms with Crippen LogP contribution < -0.4 is 5.73 Å². The quantitative estimate of drug-likeness (QED) is 0.864. The Hall–Kier alpha value is 0.150. The van der Waals surface area contributed by atoms with Crippen molar-refractivity contribution in [3.05, 3.63) is 11.7 Å². The highest BCUT2D eigenvalue weighted by molar-refractivity contribution is 8.06. The number of hydrogen-bond acceptors (Lipinski definition) is 7. The molecular formula is C12H21N3OS3. The maximum absolute atomic E-state index is 6.07. The molecule has 1 saturated heterocycles. The van der Waals surface area contributed by atoms with E-state index in [2.05, 4.69) is 23.3 Å². The largest absolute Gasteiger partial charge is 0.338 e. The molecule has 7 heteroatoms. The fourth-order valence-corrected chi connectivity index (χ4v) is 5.50. The predicted molar refractivity (Wildman–Crippen MR) is 86.0 cm³/mol. The van der Waals surface area contributed by atoms with Gasteiger partial charge in [-0.25, -0.2) is 0 Å². The molecule has 2 heterocycles. The summed E-state index contributed by atoms with van der Waals surface area (Å²) in [5.74, 6) is 4.82. The van der Waals surface area contributed by atoms with Crippen molar-refractivity contribution < 1.29 is 4.52 Å². The van der Waals surface area contributed by atoms with Crippen LogP contribution in [0, 0.1) is 0 Å². The molecule has 3 atom stereocenters. The number of hydrogen-bond donors (Lipinski definition) is 1. The van der Waals surface area contributed by atoms with E-state index in [1.54, 1.807) is 11.8 Å². The Morgan fingerprint density at radius 3 is 3.00 bits per heavy atom. The Bertz CT molecular complexity index is 388. The maximum atomic E-state index is 6.07. The topological polar surface area (TPSA) is 64.9 Å². The first kappa shape index (κ1) is 15.5. The Morgan fingerprint density at radius 2 is 2.26 bits per heavy atom. The fourth-order valence-electron chi connectivity index (χ4n) is 2.02. The summed E-state index contributed by atoms with van der Waals surface area (Å²) in [6.45, 7) is 2.22. The molecular weight excluding hydrogens is 298 g/mol. The minimum atomic E-state index is -0.130. The summed E-state index contributed by atoms with van der Waals surface area (Å²) in [5.41, 5.74) is 6.07. The van der Waals surface area contributed by atoms with Crippen LogP contribution in [0.2, 0.25) is 0 Å². The van der Waals surface area contributed by atoms with E-state index in [1.165, 1.54) is 5.75 Å². The van der Waals surface area contributed by atoms with E-state index in [-0.39, 0.29) is 6.04 Å². The average molecular weight is 320 g/mol. The molecule has 0 amide bonds. The van der Waals surface area contributed by atoms with Gasteiger partial charge in [-0.1, -0.05) is 12.1 Å². The van der Waals surface area contributed by atoms with Gasteiger partial charge in [-0.2, -0.15) is 28.5 Å². The van der Waals surface area contributed by atoms with E-state index in [4.69, 9.17) is 10.3 Å². The Labute approximate surface area is 127 Å². The van der Waals surface area contributed by atoms with Gasteiger partial charge in [-0.15, -0.1) is 11.8 Å². The number of rotatable bonds is 6. The Balaban J connectivity index is 2.02. The zero-order chi connectivity index (χ0) is 13.7. The lowest BCUT2D eigenvalue weighted by Gasteiger charge is -2.27. The molecule has 4 nitrogen and oxygen atoms in total. The van der Waals surface area contributed by atoms with Gasteiger partial charge in [0.1, 0.15) is 0 Å². The number of aromatic nitrogens is 2. The van der Waals surface area contributed by atoms with Gasteiger partial charge in [0.2, 0.25) is 5.89 Å². The van der Waals surface area contributed by atoms with Gasteiger partial charge in [0.15, 0.2) is 5.82 Å². The van der Waals surface area contributed by atoms with Crippen LogP contribution in [0.5, 0.6) is 0 Å². The minimum absolute atomic E-state index is 0.130. The second-order valence-corrected chi connectivity index (χ2v) is 8.07. The molecule has 108 valence electrons. The van der Waals surface area contributed by atoms with Gasteiger partial charge < -0.3 is 10.3 Å². The monoisotopic (exact) mass is 319 g/mol. The lowest BCUT2D eigenvalue weighted by molar-refractivity contribution is 0.348. The van der Waals surface area contributed by atoms with Crippen molar-refractivity contribution in [2.24, 2.45) is 5.73 Å². The predicted octanol–water partition coefficient (Wildman–Crippen LogP) is 3.12. The Morgan fingerprint density at radius 1 is 1.47 bits per heavy atom. The van der Waals surface area contributed by atoms with E-state index >= 15 is 0 Å². The van der Waals surface area contributed by atoms with E-state index in [0.29, 0.717) is 16.4 Å². The van der Waals surface area contributed by atoms with Crippen LogP contribution in [0.3, 0.4) is 0 Å². The van der Waals surface area contributed by atoms with Crippen LogP contribution in [0.25, 0.3) is 0 Å². The van der Waals surface area contributed by atoms with Gasteiger partial charge in [0, 0.05) is 16.8 Å². The van der Waals surface area contributed by atoms with Crippen LogP contribution in [0.1, 0.15) is 42.8 Å². The highest BCUT2D eigenvalue weighted by atomic mass is 32.2. The second kappa shape index (κ2) is 7.81. The standard InChI is InChI=1S/C12H21N3OS3/c1-3-9-10(19-7-6-18-9)11-14-12(16-15-11)8(13)4-5-17-2/h8-10H,3-7,13H2,1-2H3. The third kappa shape index (κ3) is 4.06.